The Morgan fingerprint density at radius 2 is 0.839 bits per heavy atom. The summed E-state index contributed by atoms with van der Waals surface area (Å²) in [6, 6.07) is 74.6. The summed E-state index contributed by atoms with van der Waals surface area (Å²) < 4.78 is 4.73. The molecule has 62 heavy (non-hydrogen) atoms. The zero-order valence-electron chi connectivity index (χ0n) is 33.5. The highest BCUT2D eigenvalue weighted by Crippen LogP contribution is 2.40. The van der Waals surface area contributed by atoms with Crippen molar-refractivity contribution in [1.29, 1.82) is 0 Å². The van der Waals surface area contributed by atoms with Gasteiger partial charge in [0.25, 0.3) is 0 Å². The Balaban J connectivity index is 0.950. The highest BCUT2D eigenvalue weighted by atomic mass is 15.0. The predicted octanol–water partition coefficient (Wildman–Crippen LogP) is 13.8. The van der Waals surface area contributed by atoms with Crippen LogP contribution in [0.4, 0.5) is 0 Å². The number of para-hydroxylation sites is 3. The van der Waals surface area contributed by atoms with Gasteiger partial charge in [-0.3, -0.25) is 4.98 Å². The van der Waals surface area contributed by atoms with Crippen LogP contribution in [0.15, 0.2) is 219 Å². The summed E-state index contributed by atoms with van der Waals surface area (Å²) >= 11 is 0. The summed E-state index contributed by atoms with van der Waals surface area (Å²) in [6.45, 7) is 0. The van der Waals surface area contributed by atoms with E-state index >= 15 is 0 Å². The Morgan fingerprint density at radius 3 is 1.55 bits per heavy atom. The molecule has 0 saturated heterocycles. The molecule has 0 spiro atoms. The molecule has 0 aliphatic heterocycles. The molecular formula is C56H36N6. The van der Waals surface area contributed by atoms with E-state index in [0.717, 1.165) is 44.7 Å². The number of aromatic nitrogens is 6. The molecule has 4 aromatic heterocycles. The van der Waals surface area contributed by atoms with E-state index in [4.69, 9.17) is 19.9 Å². The quantitative estimate of drug-likeness (QED) is 0.161. The molecule has 6 heteroatoms. The van der Waals surface area contributed by atoms with Crippen LogP contribution in [0.3, 0.4) is 0 Å². The molecule has 0 amide bonds. The van der Waals surface area contributed by atoms with Crippen LogP contribution < -0.4 is 0 Å². The molecule has 6 nitrogen and oxygen atoms in total. The molecule has 0 fully saturated rings. The van der Waals surface area contributed by atoms with E-state index in [2.05, 4.69) is 161 Å². The third kappa shape index (κ3) is 5.96. The summed E-state index contributed by atoms with van der Waals surface area (Å²) in [5, 5.41) is 4.84. The van der Waals surface area contributed by atoms with Crippen molar-refractivity contribution in [3.63, 3.8) is 0 Å². The zero-order chi connectivity index (χ0) is 41.0. The van der Waals surface area contributed by atoms with Crippen molar-refractivity contribution in [3.8, 4) is 67.9 Å². The third-order valence-electron chi connectivity index (χ3n) is 11.8. The largest absolute Gasteiger partial charge is 0.309 e. The molecule has 12 aromatic rings. The molecule has 290 valence electrons. The zero-order valence-corrected chi connectivity index (χ0v) is 33.5. The molecule has 4 heterocycles. The van der Waals surface area contributed by atoms with Crippen LogP contribution in [0.25, 0.3) is 112 Å². The molecule has 0 radical (unpaired) electrons. The van der Waals surface area contributed by atoms with Crippen LogP contribution in [0.1, 0.15) is 0 Å². The first-order valence-electron chi connectivity index (χ1n) is 20.8. The predicted molar refractivity (Wildman–Crippen MR) is 253 cm³/mol. The fourth-order valence-corrected chi connectivity index (χ4v) is 8.99. The molecule has 0 bridgehead atoms. The lowest BCUT2D eigenvalue weighted by atomic mass is 9.99. The summed E-state index contributed by atoms with van der Waals surface area (Å²) in [4.78, 5) is 19.7. The SMILES string of the molecule is c1ccc(-c2nc(-c3ccccc3)nc(-c3cc(-c4cccc5c4c4ccccc4n5-c4ccc(-c5ccc6c(c5)c5ccccc5n6-c5ccccc5)cc4)ccn3)n2)cc1. The van der Waals surface area contributed by atoms with E-state index in [9.17, 15) is 0 Å². The third-order valence-corrected chi connectivity index (χ3v) is 11.8. The fourth-order valence-electron chi connectivity index (χ4n) is 8.99. The van der Waals surface area contributed by atoms with Crippen molar-refractivity contribution >= 4 is 43.6 Å². The van der Waals surface area contributed by atoms with Gasteiger partial charge < -0.3 is 9.13 Å². The normalized spacial score (nSPS) is 11.5. The molecule has 8 aromatic carbocycles. The maximum Gasteiger partial charge on any atom is 0.182 e. The number of pyridine rings is 1. The van der Waals surface area contributed by atoms with Gasteiger partial charge in [0.1, 0.15) is 5.69 Å². The molecule has 12 rings (SSSR count). The van der Waals surface area contributed by atoms with E-state index in [1.807, 2.05) is 66.9 Å². The Hall–Kier alpha value is -8.48. The topological polar surface area (TPSA) is 61.4 Å². The number of hydrogen-bond donors (Lipinski definition) is 0. The Bertz CT molecular complexity index is 3550. The van der Waals surface area contributed by atoms with Crippen molar-refractivity contribution in [3.05, 3.63) is 219 Å². The van der Waals surface area contributed by atoms with Crippen LogP contribution in [-0.2, 0) is 0 Å². The smallest absolute Gasteiger partial charge is 0.182 e. The Labute approximate surface area is 357 Å². The van der Waals surface area contributed by atoms with E-state index in [1.165, 1.54) is 43.7 Å². The number of fused-ring (bicyclic) bond motifs is 6. The highest BCUT2D eigenvalue weighted by molar-refractivity contribution is 6.16. The molecule has 0 saturated carbocycles. The van der Waals surface area contributed by atoms with Crippen molar-refractivity contribution in [2.45, 2.75) is 0 Å². The lowest BCUT2D eigenvalue weighted by molar-refractivity contribution is 1.06. The monoisotopic (exact) mass is 792 g/mol. The second kappa shape index (κ2) is 14.7. The van der Waals surface area contributed by atoms with Crippen LogP contribution in [-0.4, -0.2) is 29.1 Å². The van der Waals surface area contributed by atoms with E-state index in [1.54, 1.807) is 0 Å². The second-order valence-corrected chi connectivity index (χ2v) is 15.5. The number of rotatable bonds is 7. The molecular weight excluding hydrogens is 757 g/mol. The molecule has 0 aliphatic carbocycles. The van der Waals surface area contributed by atoms with Crippen LogP contribution in [0, 0.1) is 0 Å². The summed E-state index contributed by atoms with van der Waals surface area (Å²) in [6.07, 6.45) is 1.85. The Kier molecular flexibility index (Phi) is 8.38. The minimum absolute atomic E-state index is 0.523. The first-order chi connectivity index (χ1) is 30.7. The van der Waals surface area contributed by atoms with Crippen molar-refractivity contribution in [1.82, 2.24) is 29.1 Å². The maximum absolute atomic E-state index is 4.97. The van der Waals surface area contributed by atoms with Crippen LogP contribution in [0.5, 0.6) is 0 Å². The molecule has 0 N–H and O–H groups in total. The van der Waals surface area contributed by atoms with Gasteiger partial charge in [-0.25, -0.2) is 15.0 Å². The first-order valence-corrected chi connectivity index (χ1v) is 20.8. The fraction of sp³-hybridized carbons (Fsp3) is 0. The summed E-state index contributed by atoms with van der Waals surface area (Å²) in [5.74, 6) is 1.73. The van der Waals surface area contributed by atoms with Crippen LogP contribution >= 0.6 is 0 Å². The number of nitrogens with zero attached hydrogens (tertiary/aromatic N) is 6. The molecule has 0 unspecified atom stereocenters. The number of benzene rings is 8. The van der Waals surface area contributed by atoms with Gasteiger partial charge in [-0.15, -0.1) is 0 Å². The minimum atomic E-state index is 0.523. The van der Waals surface area contributed by atoms with Crippen molar-refractivity contribution in [2.75, 3.05) is 0 Å². The highest BCUT2D eigenvalue weighted by Gasteiger charge is 2.19. The summed E-state index contributed by atoms with van der Waals surface area (Å²) in [7, 11) is 0. The van der Waals surface area contributed by atoms with Gasteiger partial charge in [-0.2, -0.15) is 0 Å². The molecule has 0 aliphatic rings. The summed E-state index contributed by atoms with van der Waals surface area (Å²) in [5.41, 5.74) is 13.9. The average Bonchev–Trinajstić information content (AvgIpc) is 3.87. The minimum Gasteiger partial charge on any atom is -0.309 e. The van der Waals surface area contributed by atoms with E-state index < -0.39 is 0 Å². The van der Waals surface area contributed by atoms with Crippen molar-refractivity contribution in [2.24, 2.45) is 0 Å². The molecule has 0 atom stereocenters. The first kappa shape index (κ1) is 35.5. The van der Waals surface area contributed by atoms with E-state index in [0.29, 0.717) is 23.2 Å². The van der Waals surface area contributed by atoms with E-state index in [-0.39, 0.29) is 0 Å². The van der Waals surface area contributed by atoms with Gasteiger partial charge in [0, 0.05) is 50.2 Å². The van der Waals surface area contributed by atoms with Gasteiger partial charge in [0.15, 0.2) is 17.5 Å². The van der Waals surface area contributed by atoms with Gasteiger partial charge in [0.2, 0.25) is 0 Å². The van der Waals surface area contributed by atoms with Gasteiger partial charge in [0.05, 0.1) is 22.1 Å². The standard InChI is InChI=1S/C56H36N6/c1-4-15-38(16-5-1)54-58-55(39-17-6-2-7-18-39)60-56(59-54)48-36-41(33-34-57-48)44-23-14-26-52-53(44)46-22-11-13-25-50(46)62(52)43-30-27-37(28-31-43)40-29-32-51-47(35-40)45-21-10-12-24-49(45)61(51)42-19-8-3-9-20-42/h1-36H. The lowest BCUT2D eigenvalue weighted by Gasteiger charge is -2.11. The Morgan fingerprint density at radius 1 is 0.306 bits per heavy atom. The van der Waals surface area contributed by atoms with Gasteiger partial charge >= 0.3 is 0 Å². The van der Waals surface area contributed by atoms with Crippen LogP contribution in [0.2, 0.25) is 0 Å². The average molecular weight is 793 g/mol. The number of hydrogen-bond acceptors (Lipinski definition) is 4. The van der Waals surface area contributed by atoms with Gasteiger partial charge in [-0.1, -0.05) is 146 Å². The maximum atomic E-state index is 4.97. The van der Waals surface area contributed by atoms with Gasteiger partial charge in [-0.05, 0) is 89.0 Å². The second-order valence-electron chi connectivity index (χ2n) is 15.5. The lowest BCUT2D eigenvalue weighted by Crippen LogP contribution is -2.01. The van der Waals surface area contributed by atoms with Crippen molar-refractivity contribution < 1.29 is 0 Å².